The standard InChI is InChI=1S/C18H19N5O3S/c1-21-15(13-4-2-3-6-22-13)12(9-19)18(26)23-14(16(24)17(20)25)8-11-5-7-27-10-11/h2-7,9-10,14H,8,19H2,1H3,(H2,20,25)(H,23,26)/b12-9+,21-15?. The molecule has 0 fully saturated rings. The van der Waals surface area contributed by atoms with Crippen LogP contribution in [0.1, 0.15) is 11.3 Å². The number of carbonyl (C=O) groups excluding carboxylic acids is 3. The van der Waals surface area contributed by atoms with Crippen LogP contribution in [0.3, 0.4) is 0 Å². The van der Waals surface area contributed by atoms with Gasteiger partial charge in [0.25, 0.3) is 11.8 Å². The minimum Gasteiger partial charge on any atom is -0.404 e. The number of pyridine rings is 1. The molecule has 2 rings (SSSR count). The Morgan fingerprint density at radius 3 is 2.63 bits per heavy atom. The minimum absolute atomic E-state index is 0.0313. The summed E-state index contributed by atoms with van der Waals surface area (Å²) in [5.74, 6) is -2.67. The first-order valence-corrected chi connectivity index (χ1v) is 8.88. The fraction of sp³-hybridized carbons (Fsp3) is 0.167. The van der Waals surface area contributed by atoms with Crippen molar-refractivity contribution in [3.8, 4) is 0 Å². The van der Waals surface area contributed by atoms with Crippen LogP contribution in [0.25, 0.3) is 0 Å². The molecule has 2 aromatic rings. The van der Waals surface area contributed by atoms with Gasteiger partial charge in [-0.05, 0) is 34.5 Å². The van der Waals surface area contributed by atoms with Gasteiger partial charge >= 0.3 is 0 Å². The topological polar surface area (TPSA) is 141 Å². The van der Waals surface area contributed by atoms with Crippen molar-refractivity contribution in [2.75, 3.05) is 7.05 Å². The van der Waals surface area contributed by atoms with E-state index in [1.165, 1.54) is 18.4 Å². The zero-order valence-corrected chi connectivity index (χ0v) is 15.4. The van der Waals surface area contributed by atoms with Crippen LogP contribution in [-0.2, 0) is 20.8 Å². The monoisotopic (exact) mass is 385 g/mol. The summed E-state index contributed by atoms with van der Waals surface area (Å²) in [6.07, 6.45) is 2.78. The molecule has 0 bridgehead atoms. The lowest BCUT2D eigenvalue weighted by Gasteiger charge is -2.17. The average Bonchev–Trinajstić information content (AvgIpc) is 3.18. The maximum atomic E-state index is 12.7. The van der Waals surface area contributed by atoms with E-state index in [4.69, 9.17) is 11.5 Å². The second-order valence-corrected chi connectivity index (χ2v) is 6.24. The Morgan fingerprint density at radius 1 is 1.33 bits per heavy atom. The number of amides is 2. The van der Waals surface area contributed by atoms with Gasteiger partial charge in [-0.1, -0.05) is 6.07 Å². The molecule has 0 radical (unpaired) electrons. The normalized spacial score (nSPS) is 13.1. The third-order valence-corrected chi connectivity index (χ3v) is 4.41. The minimum atomic E-state index is -1.12. The summed E-state index contributed by atoms with van der Waals surface area (Å²) in [5.41, 5.74) is 12.3. The van der Waals surface area contributed by atoms with Crippen LogP contribution in [0.5, 0.6) is 0 Å². The third-order valence-electron chi connectivity index (χ3n) is 3.68. The van der Waals surface area contributed by atoms with Crippen molar-refractivity contribution in [2.24, 2.45) is 16.5 Å². The molecule has 27 heavy (non-hydrogen) atoms. The summed E-state index contributed by atoms with van der Waals surface area (Å²) >= 11 is 1.44. The highest BCUT2D eigenvalue weighted by Crippen LogP contribution is 2.11. The van der Waals surface area contributed by atoms with E-state index >= 15 is 0 Å². The predicted octanol–water partition coefficient (Wildman–Crippen LogP) is 0.187. The van der Waals surface area contributed by atoms with Crippen molar-refractivity contribution in [1.82, 2.24) is 10.3 Å². The number of nitrogens with one attached hydrogen (secondary N) is 1. The number of carbonyl (C=O) groups is 3. The maximum Gasteiger partial charge on any atom is 0.287 e. The van der Waals surface area contributed by atoms with E-state index in [9.17, 15) is 14.4 Å². The largest absolute Gasteiger partial charge is 0.404 e. The highest BCUT2D eigenvalue weighted by atomic mass is 32.1. The molecule has 0 saturated carbocycles. The summed E-state index contributed by atoms with van der Waals surface area (Å²) in [4.78, 5) is 44.5. The number of hydrogen-bond donors (Lipinski definition) is 3. The van der Waals surface area contributed by atoms with Gasteiger partial charge in [0, 0.05) is 25.9 Å². The van der Waals surface area contributed by atoms with Gasteiger partial charge in [0.15, 0.2) is 0 Å². The van der Waals surface area contributed by atoms with Gasteiger partial charge in [0.1, 0.15) is 6.04 Å². The fourth-order valence-corrected chi connectivity index (χ4v) is 3.08. The van der Waals surface area contributed by atoms with E-state index in [2.05, 4.69) is 15.3 Å². The number of nitrogens with two attached hydrogens (primary N) is 2. The van der Waals surface area contributed by atoms with E-state index in [1.54, 1.807) is 30.5 Å². The van der Waals surface area contributed by atoms with Gasteiger partial charge in [0.05, 0.1) is 17.0 Å². The van der Waals surface area contributed by atoms with Crippen molar-refractivity contribution in [1.29, 1.82) is 0 Å². The second kappa shape index (κ2) is 9.39. The van der Waals surface area contributed by atoms with E-state index in [-0.39, 0.29) is 17.7 Å². The van der Waals surface area contributed by atoms with Gasteiger partial charge < -0.3 is 16.8 Å². The number of rotatable bonds is 8. The SMILES string of the molecule is CN=C(/C(=C\N)C(=O)NC(Cc1ccsc1)C(=O)C(N)=O)c1ccccn1. The Balaban J connectivity index is 2.26. The van der Waals surface area contributed by atoms with Crippen LogP contribution in [0.4, 0.5) is 0 Å². The van der Waals surface area contributed by atoms with Gasteiger partial charge in [-0.25, -0.2) is 0 Å². The zero-order chi connectivity index (χ0) is 19.8. The van der Waals surface area contributed by atoms with Crippen LogP contribution in [0, 0.1) is 0 Å². The molecule has 0 aliphatic carbocycles. The fourth-order valence-electron chi connectivity index (χ4n) is 2.40. The third kappa shape index (κ3) is 5.08. The zero-order valence-electron chi connectivity index (χ0n) is 14.6. The Morgan fingerprint density at radius 2 is 2.11 bits per heavy atom. The molecule has 0 spiro atoms. The Bertz CT molecular complexity index is 876. The van der Waals surface area contributed by atoms with Crippen LogP contribution >= 0.6 is 11.3 Å². The van der Waals surface area contributed by atoms with Gasteiger partial charge in [-0.3, -0.25) is 24.4 Å². The summed E-state index contributed by atoms with van der Waals surface area (Å²) in [6, 6.07) is 5.84. The number of hydrogen-bond acceptors (Lipinski definition) is 7. The van der Waals surface area contributed by atoms with Gasteiger partial charge in [-0.15, -0.1) is 0 Å². The second-order valence-electron chi connectivity index (χ2n) is 5.46. The van der Waals surface area contributed by atoms with Crippen molar-refractivity contribution >= 4 is 34.6 Å². The molecule has 9 heteroatoms. The summed E-state index contributed by atoms with van der Waals surface area (Å²) in [7, 11) is 1.50. The van der Waals surface area contributed by atoms with Gasteiger partial charge in [0.2, 0.25) is 5.78 Å². The van der Waals surface area contributed by atoms with E-state index in [0.29, 0.717) is 5.69 Å². The van der Waals surface area contributed by atoms with E-state index < -0.39 is 23.6 Å². The number of aliphatic imine (C=N–C) groups is 1. The molecule has 8 nitrogen and oxygen atoms in total. The molecule has 5 N–H and O–H groups in total. The molecule has 1 atom stereocenters. The summed E-state index contributed by atoms with van der Waals surface area (Å²) in [6.45, 7) is 0. The highest BCUT2D eigenvalue weighted by Gasteiger charge is 2.28. The Labute approximate surface area is 160 Å². The maximum absolute atomic E-state index is 12.7. The lowest BCUT2D eigenvalue weighted by Crippen LogP contribution is -2.48. The van der Waals surface area contributed by atoms with Crippen LogP contribution < -0.4 is 16.8 Å². The number of nitrogens with zero attached hydrogens (tertiary/aromatic N) is 2. The predicted molar refractivity (Wildman–Crippen MR) is 103 cm³/mol. The Kier molecular flexibility index (Phi) is 6.95. The van der Waals surface area contributed by atoms with Crippen molar-refractivity contribution in [3.63, 3.8) is 0 Å². The lowest BCUT2D eigenvalue weighted by atomic mass is 10.0. The number of Topliss-reactive ketones (excluding diaryl/α,β-unsaturated/α-hetero) is 1. The summed E-state index contributed by atoms with van der Waals surface area (Å²) in [5, 5.41) is 6.18. The average molecular weight is 385 g/mol. The molecule has 2 heterocycles. The molecule has 1 unspecified atom stereocenters. The number of aromatic nitrogens is 1. The highest BCUT2D eigenvalue weighted by molar-refractivity contribution is 7.07. The molecular weight excluding hydrogens is 366 g/mol. The molecular formula is C18H19N5O3S. The quantitative estimate of drug-likeness (QED) is 0.338. The van der Waals surface area contributed by atoms with E-state index in [1.807, 2.05) is 10.8 Å². The number of ketones is 1. The van der Waals surface area contributed by atoms with E-state index in [0.717, 1.165) is 11.8 Å². The molecule has 140 valence electrons. The molecule has 0 saturated heterocycles. The molecule has 2 aromatic heterocycles. The lowest BCUT2D eigenvalue weighted by molar-refractivity contribution is -0.138. The first-order chi connectivity index (χ1) is 13.0. The van der Waals surface area contributed by atoms with Crippen LogP contribution in [-0.4, -0.2) is 41.4 Å². The molecule has 2 amide bonds. The molecule has 0 aliphatic rings. The number of primary amides is 1. The molecule has 0 aliphatic heterocycles. The number of thiophene rings is 1. The van der Waals surface area contributed by atoms with Crippen LogP contribution in [0.15, 0.2) is 58.0 Å². The first kappa shape index (κ1) is 20.0. The summed E-state index contributed by atoms with van der Waals surface area (Å²) < 4.78 is 0. The molecule has 0 aromatic carbocycles. The van der Waals surface area contributed by atoms with Gasteiger partial charge in [-0.2, -0.15) is 11.3 Å². The van der Waals surface area contributed by atoms with Crippen molar-refractivity contribution in [3.05, 3.63) is 64.3 Å². The van der Waals surface area contributed by atoms with Crippen LogP contribution in [0.2, 0.25) is 0 Å². The Hall–Kier alpha value is -3.33. The van der Waals surface area contributed by atoms with Crippen molar-refractivity contribution < 1.29 is 14.4 Å². The van der Waals surface area contributed by atoms with Crippen molar-refractivity contribution in [2.45, 2.75) is 12.5 Å². The smallest absolute Gasteiger partial charge is 0.287 e. The first-order valence-electron chi connectivity index (χ1n) is 7.94.